The molecule has 1 saturated carbocycles. The molecule has 1 aliphatic carbocycles. The van der Waals surface area contributed by atoms with Crippen LogP contribution in [0.15, 0.2) is 18.2 Å². The average Bonchev–Trinajstić information content (AvgIpc) is 2.55. The summed E-state index contributed by atoms with van der Waals surface area (Å²) in [6.45, 7) is 2.33. The summed E-state index contributed by atoms with van der Waals surface area (Å²) in [4.78, 5) is 0.681. The molecule has 3 atom stereocenters. The van der Waals surface area contributed by atoms with Gasteiger partial charge in [-0.3, -0.25) is 0 Å². The summed E-state index contributed by atoms with van der Waals surface area (Å²) in [6, 6.07) is 5.98. The molecule has 1 aliphatic rings. The minimum absolute atomic E-state index is 0.642. The van der Waals surface area contributed by atoms with E-state index in [4.69, 9.17) is 23.2 Å². The van der Waals surface area contributed by atoms with Crippen molar-refractivity contribution in [1.82, 2.24) is 0 Å². The first-order valence-electron chi connectivity index (χ1n) is 5.66. The van der Waals surface area contributed by atoms with Gasteiger partial charge in [0.2, 0.25) is 0 Å². The van der Waals surface area contributed by atoms with Crippen LogP contribution in [0.25, 0.3) is 0 Å². The predicted octanol–water partition coefficient (Wildman–Crippen LogP) is 5.35. The van der Waals surface area contributed by atoms with Crippen LogP contribution >= 0.6 is 39.1 Å². The maximum atomic E-state index is 6.02. The highest BCUT2D eigenvalue weighted by atomic mass is 79.9. The molecule has 0 aromatic heterocycles. The Balaban J connectivity index is 2.07. The zero-order chi connectivity index (χ0) is 11.7. The fourth-order valence-corrected chi connectivity index (χ4v) is 3.47. The smallest absolute Gasteiger partial charge is 0.0595 e. The van der Waals surface area contributed by atoms with Crippen LogP contribution in [0.1, 0.15) is 25.3 Å². The predicted molar refractivity (Wildman–Crippen MR) is 74.8 cm³/mol. The highest BCUT2D eigenvalue weighted by Gasteiger charge is 2.30. The molecule has 0 heterocycles. The standard InChI is InChI=1S/C13H15BrCl2/c1-8-10(3-4-11(8)14)6-9-2-5-12(15)13(16)7-9/h2,5,7-8,10-11H,3-4,6H2,1H3. The Morgan fingerprint density at radius 3 is 2.56 bits per heavy atom. The van der Waals surface area contributed by atoms with Crippen molar-refractivity contribution in [2.24, 2.45) is 11.8 Å². The van der Waals surface area contributed by atoms with E-state index in [0.717, 1.165) is 18.3 Å². The first-order valence-corrected chi connectivity index (χ1v) is 7.33. The van der Waals surface area contributed by atoms with E-state index in [9.17, 15) is 0 Å². The molecule has 3 unspecified atom stereocenters. The number of benzene rings is 1. The van der Waals surface area contributed by atoms with E-state index >= 15 is 0 Å². The van der Waals surface area contributed by atoms with Gasteiger partial charge in [-0.25, -0.2) is 0 Å². The molecule has 0 spiro atoms. The summed E-state index contributed by atoms with van der Waals surface area (Å²) < 4.78 is 0. The van der Waals surface area contributed by atoms with E-state index in [2.05, 4.69) is 28.9 Å². The van der Waals surface area contributed by atoms with Crippen LogP contribution < -0.4 is 0 Å². The SMILES string of the molecule is CC1C(Br)CCC1Cc1ccc(Cl)c(Cl)c1. The second-order valence-electron chi connectivity index (χ2n) is 4.67. The molecule has 1 aromatic carbocycles. The van der Waals surface area contributed by atoms with Crippen LogP contribution in [0.2, 0.25) is 10.0 Å². The molecule has 0 aliphatic heterocycles. The van der Waals surface area contributed by atoms with Crippen LogP contribution in [0, 0.1) is 11.8 Å². The van der Waals surface area contributed by atoms with Gasteiger partial charge in [-0.15, -0.1) is 0 Å². The Morgan fingerprint density at radius 1 is 1.25 bits per heavy atom. The van der Waals surface area contributed by atoms with E-state index in [0.29, 0.717) is 14.9 Å². The van der Waals surface area contributed by atoms with E-state index in [-0.39, 0.29) is 0 Å². The number of halogens is 3. The molecule has 0 radical (unpaired) electrons. The minimum atomic E-state index is 0.642. The normalized spacial score (nSPS) is 29.6. The Labute approximate surface area is 115 Å². The van der Waals surface area contributed by atoms with Crippen molar-refractivity contribution in [2.75, 3.05) is 0 Å². The van der Waals surface area contributed by atoms with Gasteiger partial charge in [-0.05, 0) is 48.8 Å². The molecule has 16 heavy (non-hydrogen) atoms. The lowest BCUT2D eigenvalue weighted by Crippen LogP contribution is -2.12. The lowest BCUT2D eigenvalue weighted by Gasteiger charge is -2.17. The third-order valence-corrected chi connectivity index (χ3v) is 5.64. The average molecular weight is 322 g/mol. The third kappa shape index (κ3) is 2.75. The molecular formula is C13H15BrCl2. The maximum absolute atomic E-state index is 6.02. The topological polar surface area (TPSA) is 0 Å². The van der Waals surface area contributed by atoms with Gasteiger partial charge in [0.1, 0.15) is 0 Å². The lowest BCUT2D eigenvalue weighted by atomic mass is 9.91. The van der Waals surface area contributed by atoms with Crippen LogP contribution in [-0.2, 0) is 6.42 Å². The Kier molecular flexibility index (Phi) is 4.21. The zero-order valence-corrected chi connectivity index (χ0v) is 12.3. The van der Waals surface area contributed by atoms with Gasteiger partial charge in [0.15, 0.2) is 0 Å². The highest BCUT2D eigenvalue weighted by molar-refractivity contribution is 9.09. The summed E-state index contributed by atoms with van der Waals surface area (Å²) in [7, 11) is 0. The number of alkyl halides is 1. The van der Waals surface area contributed by atoms with Crippen LogP contribution in [0.5, 0.6) is 0 Å². The quantitative estimate of drug-likeness (QED) is 0.644. The largest absolute Gasteiger partial charge is 0.0888 e. The molecule has 0 nitrogen and oxygen atoms in total. The number of hydrogen-bond donors (Lipinski definition) is 0. The van der Waals surface area contributed by atoms with Gasteiger partial charge < -0.3 is 0 Å². The first kappa shape index (κ1) is 12.7. The lowest BCUT2D eigenvalue weighted by molar-refractivity contribution is 0.423. The Hall–Kier alpha value is 0.280. The molecule has 1 aromatic rings. The Bertz CT molecular complexity index is 378. The second kappa shape index (κ2) is 5.29. The van der Waals surface area contributed by atoms with Gasteiger partial charge in [0.25, 0.3) is 0 Å². The van der Waals surface area contributed by atoms with E-state index in [1.54, 1.807) is 0 Å². The molecule has 88 valence electrons. The summed E-state index contributed by atoms with van der Waals surface area (Å²) in [6.07, 6.45) is 3.70. The molecule has 0 saturated heterocycles. The fraction of sp³-hybridized carbons (Fsp3) is 0.538. The van der Waals surface area contributed by atoms with Crippen molar-refractivity contribution in [2.45, 2.75) is 31.0 Å². The second-order valence-corrected chi connectivity index (χ2v) is 6.66. The third-order valence-electron chi connectivity index (χ3n) is 3.61. The van der Waals surface area contributed by atoms with Gasteiger partial charge >= 0.3 is 0 Å². The van der Waals surface area contributed by atoms with Crippen molar-refractivity contribution in [3.63, 3.8) is 0 Å². The molecule has 0 amide bonds. The van der Waals surface area contributed by atoms with E-state index < -0.39 is 0 Å². The van der Waals surface area contributed by atoms with Crippen molar-refractivity contribution in [1.29, 1.82) is 0 Å². The van der Waals surface area contributed by atoms with Gasteiger partial charge in [-0.2, -0.15) is 0 Å². The number of rotatable bonds is 2. The van der Waals surface area contributed by atoms with Crippen molar-refractivity contribution < 1.29 is 0 Å². The van der Waals surface area contributed by atoms with E-state index in [1.165, 1.54) is 18.4 Å². The van der Waals surface area contributed by atoms with Gasteiger partial charge in [-0.1, -0.05) is 52.1 Å². The Morgan fingerprint density at radius 2 is 2.00 bits per heavy atom. The molecule has 1 fully saturated rings. The van der Waals surface area contributed by atoms with Gasteiger partial charge in [0, 0.05) is 4.83 Å². The minimum Gasteiger partial charge on any atom is -0.0888 e. The summed E-state index contributed by atoms with van der Waals surface area (Å²) in [5, 5.41) is 1.31. The molecule has 0 bridgehead atoms. The molecule has 3 heteroatoms. The fourth-order valence-electron chi connectivity index (χ4n) is 2.45. The summed E-state index contributed by atoms with van der Waals surface area (Å²) in [5.74, 6) is 1.51. The van der Waals surface area contributed by atoms with E-state index in [1.807, 2.05) is 12.1 Å². The van der Waals surface area contributed by atoms with Crippen LogP contribution in [0.4, 0.5) is 0 Å². The first-order chi connectivity index (χ1) is 7.58. The molecule has 2 rings (SSSR count). The monoisotopic (exact) mass is 320 g/mol. The maximum Gasteiger partial charge on any atom is 0.0595 e. The summed E-state index contributed by atoms with van der Waals surface area (Å²) in [5.41, 5.74) is 1.30. The molecule has 0 N–H and O–H groups in total. The number of hydrogen-bond acceptors (Lipinski definition) is 0. The highest BCUT2D eigenvalue weighted by Crippen LogP contribution is 2.38. The zero-order valence-electron chi connectivity index (χ0n) is 9.22. The van der Waals surface area contributed by atoms with Crippen molar-refractivity contribution in [3.8, 4) is 0 Å². The summed E-state index contributed by atoms with van der Waals surface area (Å²) >= 11 is 15.7. The van der Waals surface area contributed by atoms with Crippen molar-refractivity contribution in [3.05, 3.63) is 33.8 Å². The van der Waals surface area contributed by atoms with Crippen molar-refractivity contribution >= 4 is 39.1 Å². The van der Waals surface area contributed by atoms with Crippen LogP contribution in [-0.4, -0.2) is 4.83 Å². The molecular weight excluding hydrogens is 307 g/mol. The van der Waals surface area contributed by atoms with Crippen LogP contribution in [0.3, 0.4) is 0 Å². The van der Waals surface area contributed by atoms with Gasteiger partial charge in [0.05, 0.1) is 10.0 Å².